The quantitative estimate of drug-likeness (QED) is 0.662. The zero-order valence-corrected chi connectivity index (χ0v) is 10.9. The smallest absolute Gasteiger partial charge is 0.224 e. The summed E-state index contributed by atoms with van der Waals surface area (Å²) in [6, 6.07) is 3.94. The normalized spacial score (nSPS) is 20.1. The fourth-order valence-corrected chi connectivity index (χ4v) is 2.81. The Balaban J connectivity index is 1.88. The van der Waals surface area contributed by atoms with Crippen molar-refractivity contribution < 1.29 is 9.90 Å². The number of carbonyl (C=O) groups excluding carboxylic acids is 1. The molecule has 0 spiro atoms. The fourth-order valence-electron chi connectivity index (χ4n) is 2.81. The number of nitrogens with two attached hydrogens (primary N) is 1. The second-order valence-corrected chi connectivity index (χ2v) is 5.33. The van der Waals surface area contributed by atoms with Crippen molar-refractivity contribution in [3.05, 3.63) is 17.7 Å². The van der Waals surface area contributed by atoms with E-state index in [-0.39, 0.29) is 12.0 Å². The SMILES string of the molecule is Nc1cc2c(cc1N1CCC(O)CC1)CCC(=O)N2. The first-order valence-corrected chi connectivity index (χ1v) is 6.79. The third kappa shape index (κ3) is 2.38. The van der Waals surface area contributed by atoms with Gasteiger partial charge in [0.05, 0.1) is 17.5 Å². The van der Waals surface area contributed by atoms with Crippen LogP contribution in [0.5, 0.6) is 0 Å². The lowest BCUT2D eigenvalue weighted by Crippen LogP contribution is -2.36. The Bertz CT molecular complexity index is 508. The Morgan fingerprint density at radius 1 is 1.26 bits per heavy atom. The highest BCUT2D eigenvalue weighted by atomic mass is 16.3. The minimum Gasteiger partial charge on any atom is -0.397 e. The van der Waals surface area contributed by atoms with E-state index in [0.717, 1.165) is 49.3 Å². The molecule has 19 heavy (non-hydrogen) atoms. The first-order chi connectivity index (χ1) is 9.13. The van der Waals surface area contributed by atoms with Gasteiger partial charge in [-0.15, -0.1) is 0 Å². The van der Waals surface area contributed by atoms with Gasteiger partial charge in [0, 0.05) is 25.2 Å². The lowest BCUT2D eigenvalue weighted by molar-refractivity contribution is -0.116. The van der Waals surface area contributed by atoms with Gasteiger partial charge in [-0.05, 0) is 37.0 Å². The van der Waals surface area contributed by atoms with Crippen molar-refractivity contribution in [3.63, 3.8) is 0 Å². The summed E-state index contributed by atoms with van der Waals surface area (Å²) in [7, 11) is 0. The fraction of sp³-hybridized carbons (Fsp3) is 0.500. The van der Waals surface area contributed by atoms with Crippen LogP contribution in [0.4, 0.5) is 17.1 Å². The largest absolute Gasteiger partial charge is 0.397 e. The van der Waals surface area contributed by atoms with Gasteiger partial charge in [-0.1, -0.05) is 0 Å². The van der Waals surface area contributed by atoms with E-state index >= 15 is 0 Å². The average Bonchev–Trinajstić information content (AvgIpc) is 2.39. The summed E-state index contributed by atoms with van der Waals surface area (Å²) in [5.74, 6) is 0.0562. The van der Waals surface area contributed by atoms with Crippen molar-refractivity contribution >= 4 is 23.0 Å². The van der Waals surface area contributed by atoms with Crippen LogP contribution in [0.2, 0.25) is 0 Å². The second-order valence-electron chi connectivity index (χ2n) is 5.33. The number of carbonyl (C=O) groups is 1. The van der Waals surface area contributed by atoms with Crippen LogP contribution >= 0.6 is 0 Å². The van der Waals surface area contributed by atoms with E-state index in [9.17, 15) is 9.90 Å². The molecular formula is C14H19N3O2. The molecule has 0 saturated carbocycles. The molecule has 1 saturated heterocycles. The second kappa shape index (κ2) is 4.74. The molecule has 1 aromatic rings. The van der Waals surface area contributed by atoms with Crippen LogP contribution in [-0.4, -0.2) is 30.2 Å². The highest BCUT2D eigenvalue weighted by Gasteiger charge is 2.22. The third-order valence-electron chi connectivity index (χ3n) is 3.95. The number of hydrogen-bond acceptors (Lipinski definition) is 4. The van der Waals surface area contributed by atoms with Gasteiger partial charge < -0.3 is 21.1 Å². The molecule has 5 heteroatoms. The van der Waals surface area contributed by atoms with Crippen LogP contribution in [0.25, 0.3) is 0 Å². The summed E-state index contributed by atoms with van der Waals surface area (Å²) in [5.41, 5.74) is 9.81. The Labute approximate surface area is 112 Å². The molecule has 5 nitrogen and oxygen atoms in total. The number of amides is 1. The van der Waals surface area contributed by atoms with Crippen LogP contribution < -0.4 is 16.0 Å². The van der Waals surface area contributed by atoms with E-state index in [2.05, 4.69) is 16.3 Å². The first-order valence-electron chi connectivity index (χ1n) is 6.79. The number of piperidine rings is 1. The maximum absolute atomic E-state index is 11.4. The molecule has 102 valence electrons. The summed E-state index contributed by atoms with van der Waals surface area (Å²) >= 11 is 0. The lowest BCUT2D eigenvalue weighted by atomic mass is 9.99. The molecule has 4 N–H and O–H groups in total. The minimum absolute atomic E-state index is 0.0562. The van der Waals surface area contributed by atoms with Crippen molar-refractivity contribution in [1.29, 1.82) is 0 Å². The Kier molecular flexibility index (Phi) is 3.06. The Morgan fingerprint density at radius 2 is 2.00 bits per heavy atom. The molecule has 2 aliphatic rings. The predicted molar refractivity (Wildman–Crippen MR) is 75.3 cm³/mol. The molecule has 2 heterocycles. The molecule has 1 amide bonds. The van der Waals surface area contributed by atoms with E-state index in [1.165, 1.54) is 0 Å². The number of nitrogen functional groups attached to an aromatic ring is 1. The van der Waals surface area contributed by atoms with Gasteiger partial charge in [0.2, 0.25) is 5.91 Å². The zero-order valence-electron chi connectivity index (χ0n) is 10.9. The molecule has 0 unspecified atom stereocenters. The maximum Gasteiger partial charge on any atom is 0.224 e. The van der Waals surface area contributed by atoms with Crippen molar-refractivity contribution in [2.75, 3.05) is 29.0 Å². The summed E-state index contributed by atoms with van der Waals surface area (Å²) in [6.07, 6.45) is 2.69. The van der Waals surface area contributed by atoms with Gasteiger partial charge in [-0.3, -0.25) is 4.79 Å². The van der Waals surface area contributed by atoms with Crippen LogP contribution in [-0.2, 0) is 11.2 Å². The van der Waals surface area contributed by atoms with Crippen molar-refractivity contribution in [2.45, 2.75) is 31.8 Å². The van der Waals surface area contributed by atoms with Gasteiger partial charge in [0.1, 0.15) is 0 Å². The summed E-state index contributed by atoms with van der Waals surface area (Å²) < 4.78 is 0. The molecule has 2 aliphatic heterocycles. The minimum atomic E-state index is -0.186. The number of benzene rings is 1. The molecule has 0 atom stereocenters. The molecule has 1 aromatic carbocycles. The predicted octanol–water partition coefficient (Wildman–Crippen LogP) is 1.11. The van der Waals surface area contributed by atoms with Crippen LogP contribution in [0.3, 0.4) is 0 Å². The van der Waals surface area contributed by atoms with Gasteiger partial charge in [-0.2, -0.15) is 0 Å². The first kappa shape index (κ1) is 12.3. The topological polar surface area (TPSA) is 78.6 Å². The zero-order chi connectivity index (χ0) is 13.4. The molecule has 0 radical (unpaired) electrons. The Morgan fingerprint density at radius 3 is 2.74 bits per heavy atom. The monoisotopic (exact) mass is 261 g/mol. The van der Waals surface area contributed by atoms with E-state index in [1.807, 2.05) is 6.07 Å². The van der Waals surface area contributed by atoms with E-state index in [1.54, 1.807) is 0 Å². The van der Waals surface area contributed by atoms with Crippen LogP contribution in [0.1, 0.15) is 24.8 Å². The number of nitrogens with one attached hydrogen (secondary N) is 1. The molecule has 3 rings (SSSR count). The number of fused-ring (bicyclic) bond motifs is 1. The van der Waals surface area contributed by atoms with Crippen LogP contribution in [0.15, 0.2) is 12.1 Å². The van der Waals surface area contributed by atoms with Gasteiger partial charge in [0.15, 0.2) is 0 Å². The highest BCUT2D eigenvalue weighted by molar-refractivity contribution is 5.95. The Hall–Kier alpha value is -1.75. The van der Waals surface area contributed by atoms with Gasteiger partial charge in [0.25, 0.3) is 0 Å². The number of hydrogen-bond donors (Lipinski definition) is 3. The average molecular weight is 261 g/mol. The standard InChI is InChI=1S/C14H19N3O2/c15-11-8-12-9(1-2-14(19)16-12)7-13(11)17-5-3-10(18)4-6-17/h7-8,10,18H,1-6,15H2,(H,16,19). The molecule has 0 aliphatic carbocycles. The highest BCUT2D eigenvalue weighted by Crippen LogP contribution is 2.34. The lowest BCUT2D eigenvalue weighted by Gasteiger charge is -2.33. The summed E-state index contributed by atoms with van der Waals surface area (Å²) in [6.45, 7) is 1.66. The molecular weight excluding hydrogens is 242 g/mol. The third-order valence-corrected chi connectivity index (χ3v) is 3.95. The summed E-state index contributed by atoms with van der Waals surface area (Å²) in [4.78, 5) is 13.6. The number of anilines is 3. The van der Waals surface area contributed by atoms with E-state index < -0.39 is 0 Å². The number of aliphatic hydroxyl groups excluding tert-OH is 1. The van der Waals surface area contributed by atoms with Crippen molar-refractivity contribution in [1.82, 2.24) is 0 Å². The van der Waals surface area contributed by atoms with Crippen LogP contribution in [0, 0.1) is 0 Å². The van der Waals surface area contributed by atoms with E-state index in [4.69, 9.17) is 5.73 Å². The number of aliphatic hydroxyl groups is 1. The summed E-state index contributed by atoms with van der Waals surface area (Å²) in [5, 5.41) is 12.4. The molecule has 0 bridgehead atoms. The van der Waals surface area contributed by atoms with Gasteiger partial charge in [-0.25, -0.2) is 0 Å². The molecule has 0 aromatic heterocycles. The van der Waals surface area contributed by atoms with Crippen molar-refractivity contribution in [2.24, 2.45) is 0 Å². The number of nitrogens with zero attached hydrogens (tertiary/aromatic N) is 1. The van der Waals surface area contributed by atoms with Crippen molar-refractivity contribution in [3.8, 4) is 0 Å². The number of aryl methyl sites for hydroxylation is 1. The maximum atomic E-state index is 11.4. The number of rotatable bonds is 1. The van der Waals surface area contributed by atoms with Gasteiger partial charge >= 0.3 is 0 Å². The molecule has 1 fully saturated rings. The van der Waals surface area contributed by atoms with E-state index in [0.29, 0.717) is 12.1 Å².